The third kappa shape index (κ3) is 0.903. The summed E-state index contributed by atoms with van der Waals surface area (Å²) >= 11 is 1.66. The summed E-state index contributed by atoms with van der Waals surface area (Å²) in [6, 6.07) is 0. The van der Waals surface area contributed by atoms with Gasteiger partial charge in [-0.1, -0.05) is 11.8 Å². The molecule has 0 bridgehead atoms. The van der Waals surface area contributed by atoms with Crippen LogP contribution in [0.5, 0.6) is 0 Å². The molecule has 50 valence electrons. The van der Waals surface area contributed by atoms with E-state index >= 15 is 0 Å². The summed E-state index contributed by atoms with van der Waals surface area (Å²) in [6.45, 7) is 0. The van der Waals surface area contributed by atoms with Crippen molar-refractivity contribution in [2.24, 2.45) is 15.2 Å². The summed E-state index contributed by atoms with van der Waals surface area (Å²) in [5, 5.41) is 8.67. The van der Waals surface area contributed by atoms with Crippen LogP contribution in [0, 0.1) is 0 Å². The Morgan fingerprint density at radius 1 is 1.50 bits per heavy atom. The molecule has 4 heteroatoms. The molecule has 2 aliphatic rings. The Bertz CT molecular complexity index is 262. The van der Waals surface area contributed by atoms with Gasteiger partial charge < -0.3 is 0 Å². The van der Waals surface area contributed by atoms with Crippen LogP contribution in [-0.4, -0.2) is 23.2 Å². The zero-order chi connectivity index (χ0) is 6.81. The first-order valence-corrected chi connectivity index (χ1v) is 3.91. The Hall–Kier alpha value is -0.900. The van der Waals surface area contributed by atoms with Crippen molar-refractivity contribution in [2.45, 2.75) is 0 Å². The van der Waals surface area contributed by atoms with Crippen LogP contribution in [0.25, 0.3) is 0 Å². The molecule has 0 amide bonds. The van der Waals surface area contributed by atoms with Crippen LogP contribution in [0.15, 0.2) is 27.0 Å². The minimum absolute atomic E-state index is 0.891. The average molecular weight is 151 g/mol. The van der Waals surface area contributed by atoms with Gasteiger partial charge >= 0.3 is 0 Å². The van der Waals surface area contributed by atoms with Crippen molar-refractivity contribution in [3.8, 4) is 0 Å². The average Bonchev–Trinajstić information content (AvgIpc) is 2.28. The Morgan fingerprint density at radius 2 is 2.50 bits per heavy atom. The third-order valence-corrected chi connectivity index (χ3v) is 2.11. The van der Waals surface area contributed by atoms with E-state index in [2.05, 4.69) is 15.2 Å². The minimum atomic E-state index is 0.891. The topological polar surface area (TPSA) is 37.1 Å². The van der Waals surface area contributed by atoms with Crippen LogP contribution in [0.4, 0.5) is 0 Å². The molecule has 0 aliphatic carbocycles. The van der Waals surface area contributed by atoms with E-state index in [0.717, 1.165) is 16.4 Å². The SMILES string of the molecule is C1=NC=C2C=NN=C2SC1. The monoisotopic (exact) mass is 151 g/mol. The van der Waals surface area contributed by atoms with Gasteiger partial charge in [-0.2, -0.15) is 5.10 Å². The molecule has 0 aromatic heterocycles. The van der Waals surface area contributed by atoms with Gasteiger partial charge in [-0.3, -0.25) is 4.99 Å². The van der Waals surface area contributed by atoms with Gasteiger partial charge in [-0.15, -0.1) is 5.10 Å². The van der Waals surface area contributed by atoms with Crippen molar-refractivity contribution >= 4 is 29.2 Å². The molecule has 10 heavy (non-hydrogen) atoms. The van der Waals surface area contributed by atoms with E-state index in [1.807, 2.05) is 6.21 Å². The van der Waals surface area contributed by atoms with Crippen molar-refractivity contribution in [1.82, 2.24) is 0 Å². The highest BCUT2D eigenvalue weighted by atomic mass is 32.2. The van der Waals surface area contributed by atoms with E-state index in [1.165, 1.54) is 0 Å². The quantitative estimate of drug-likeness (QED) is 0.510. The molecule has 2 rings (SSSR count). The summed E-state index contributed by atoms with van der Waals surface area (Å²) < 4.78 is 0. The Morgan fingerprint density at radius 3 is 3.50 bits per heavy atom. The lowest BCUT2D eigenvalue weighted by atomic mass is 10.3. The van der Waals surface area contributed by atoms with Gasteiger partial charge in [0.25, 0.3) is 0 Å². The van der Waals surface area contributed by atoms with Crippen LogP contribution in [0.1, 0.15) is 0 Å². The fourth-order valence-electron chi connectivity index (χ4n) is 0.749. The number of fused-ring (bicyclic) bond motifs is 1. The molecular weight excluding hydrogens is 146 g/mol. The molecule has 3 nitrogen and oxygen atoms in total. The number of aliphatic imine (C=N–C) groups is 1. The lowest BCUT2D eigenvalue weighted by Gasteiger charge is -1.91. The molecule has 2 aliphatic heterocycles. The van der Waals surface area contributed by atoms with Crippen LogP contribution < -0.4 is 0 Å². The molecule has 0 atom stereocenters. The van der Waals surface area contributed by atoms with E-state index in [1.54, 1.807) is 24.2 Å². The van der Waals surface area contributed by atoms with Crippen LogP contribution >= 0.6 is 11.8 Å². The second-order valence-electron chi connectivity index (χ2n) is 1.88. The zero-order valence-electron chi connectivity index (χ0n) is 5.19. The molecular formula is C6H5N3S. The Labute approximate surface area is 62.6 Å². The zero-order valence-corrected chi connectivity index (χ0v) is 6.01. The highest BCUT2D eigenvalue weighted by molar-refractivity contribution is 8.15. The van der Waals surface area contributed by atoms with Crippen molar-refractivity contribution in [1.29, 1.82) is 0 Å². The van der Waals surface area contributed by atoms with Crippen molar-refractivity contribution < 1.29 is 0 Å². The number of hydrogen-bond acceptors (Lipinski definition) is 4. The van der Waals surface area contributed by atoms with Gasteiger partial charge in [-0.05, 0) is 0 Å². The second-order valence-corrected chi connectivity index (χ2v) is 2.89. The predicted molar refractivity (Wildman–Crippen MR) is 45.0 cm³/mol. The first-order valence-electron chi connectivity index (χ1n) is 2.93. The normalized spacial score (nSPS) is 21.6. The van der Waals surface area contributed by atoms with E-state index in [-0.39, 0.29) is 0 Å². The molecule has 0 N–H and O–H groups in total. The number of hydrogen-bond donors (Lipinski definition) is 0. The number of thioether (sulfide) groups is 1. The predicted octanol–water partition coefficient (Wildman–Crippen LogP) is 1.09. The van der Waals surface area contributed by atoms with Crippen LogP contribution in [0.2, 0.25) is 0 Å². The molecule has 0 radical (unpaired) electrons. The summed E-state index contributed by atoms with van der Waals surface area (Å²) in [4.78, 5) is 4.03. The first kappa shape index (κ1) is 5.85. The molecule has 0 aromatic rings. The first-order chi connectivity index (χ1) is 4.97. The van der Waals surface area contributed by atoms with E-state index in [4.69, 9.17) is 0 Å². The molecule has 0 unspecified atom stereocenters. The maximum Gasteiger partial charge on any atom is 0.129 e. The number of rotatable bonds is 0. The van der Waals surface area contributed by atoms with Gasteiger partial charge in [0.05, 0.1) is 6.21 Å². The standard InChI is InChI=1S/C6H5N3S/c1-2-10-6-5(3-7-1)4-8-9-6/h1,3-4H,2H2. The maximum absolute atomic E-state index is 4.03. The summed E-state index contributed by atoms with van der Waals surface area (Å²) in [7, 11) is 0. The maximum atomic E-state index is 4.03. The fourth-order valence-corrected chi connectivity index (χ4v) is 1.44. The van der Waals surface area contributed by atoms with Crippen molar-refractivity contribution in [2.75, 3.05) is 5.75 Å². The smallest absolute Gasteiger partial charge is 0.129 e. The third-order valence-electron chi connectivity index (χ3n) is 1.21. The molecule has 0 fully saturated rings. The number of nitrogens with zero attached hydrogens (tertiary/aromatic N) is 3. The van der Waals surface area contributed by atoms with Crippen LogP contribution in [-0.2, 0) is 0 Å². The molecule has 0 aromatic carbocycles. The Kier molecular flexibility index (Phi) is 1.39. The van der Waals surface area contributed by atoms with Gasteiger partial charge in [0.2, 0.25) is 0 Å². The Balaban J connectivity index is 2.36. The minimum Gasteiger partial charge on any atom is -0.267 e. The summed E-state index contributed by atoms with van der Waals surface area (Å²) in [5.74, 6) is 0.891. The van der Waals surface area contributed by atoms with Crippen LogP contribution in [0.3, 0.4) is 0 Å². The molecule has 0 saturated carbocycles. The lowest BCUT2D eigenvalue weighted by Crippen LogP contribution is -1.92. The van der Waals surface area contributed by atoms with E-state index in [0.29, 0.717) is 0 Å². The molecule has 0 spiro atoms. The summed E-state index contributed by atoms with van der Waals surface area (Å²) in [6.07, 6.45) is 5.38. The van der Waals surface area contributed by atoms with Gasteiger partial charge in [0, 0.05) is 23.7 Å². The van der Waals surface area contributed by atoms with Gasteiger partial charge in [0.1, 0.15) is 5.04 Å². The lowest BCUT2D eigenvalue weighted by molar-refractivity contribution is 1.29. The highest BCUT2D eigenvalue weighted by Crippen LogP contribution is 2.17. The fraction of sp³-hybridized carbons (Fsp3) is 0.167. The van der Waals surface area contributed by atoms with Crippen molar-refractivity contribution in [3.63, 3.8) is 0 Å². The largest absolute Gasteiger partial charge is 0.267 e. The van der Waals surface area contributed by atoms with E-state index in [9.17, 15) is 0 Å². The molecule has 0 saturated heterocycles. The van der Waals surface area contributed by atoms with E-state index < -0.39 is 0 Å². The summed E-state index contributed by atoms with van der Waals surface area (Å²) in [5.41, 5.74) is 1.03. The highest BCUT2D eigenvalue weighted by Gasteiger charge is 2.11. The molecule has 2 heterocycles. The van der Waals surface area contributed by atoms with Gasteiger partial charge in [0.15, 0.2) is 0 Å². The second kappa shape index (κ2) is 2.38. The van der Waals surface area contributed by atoms with Crippen molar-refractivity contribution in [3.05, 3.63) is 11.8 Å². The van der Waals surface area contributed by atoms with Gasteiger partial charge in [-0.25, -0.2) is 0 Å².